The molecule has 8 heteroatoms. The second kappa shape index (κ2) is 15.3. The van der Waals surface area contributed by atoms with Crippen molar-refractivity contribution in [3.63, 3.8) is 0 Å². The van der Waals surface area contributed by atoms with Gasteiger partial charge in [0.2, 0.25) is 0 Å². The summed E-state index contributed by atoms with van der Waals surface area (Å²) in [5.41, 5.74) is 0. The van der Waals surface area contributed by atoms with Gasteiger partial charge in [0.05, 0.1) is 42.2 Å². The maximum atomic E-state index is 13.5. The minimum absolute atomic E-state index is 0.0177. The molecule has 3 saturated heterocycles. The Morgan fingerprint density at radius 2 is 1.56 bits per heavy atom. The first-order valence-corrected chi connectivity index (χ1v) is 19.4. The number of ether oxygens (including phenoxy) is 1. The fourth-order valence-corrected chi connectivity index (χ4v) is 9.85. The van der Waals surface area contributed by atoms with Gasteiger partial charge in [-0.05, 0) is 78.6 Å². The van der Waals surface area contributed by atoms with Crippen molar-refractivity contribution in [2.24, 2.45) is 10.9 Å². The molecule has 6 aliphatic heterocycles. The predicted molar refractivity (Wildman–Crippen MR) is 183 cm³/mol. The zero-order valence-corrected chi connectivity index (χ0v) is 29.1. The lowest BCUT2D eigenvalue weighted by Gasteiger charge is -2.47. The standard InChI is InChI=1S/C37H64N6O2/c1-5-6-7-9-13-16-29-24-32-20-21-33-34(27(4)39-37(41-29)43(32)33)35(44)45-26(3)15-12-10-8-11-14-17-28-23-31-19-18-30-22-25(2)38-36(40-28)42(30)31/h25-34H,5-24H2,1-4H3,(H2,38,39,40,41)/p+1/t25-,26-,27+,28+,29+,30-,31+,32+,33-,34?/m1/s1. The molecule has 0 radical (unpaired) electrons. The van der Waals surface area contributed by atoms with Crippen LogP contribution in [0.15, 0.2) is 4.99 Å². The Labute approximate surface area is 274 Å². The van der Waals surface area contributed by atoms with Gasteiger partial charge in [0.25, 0.3) is 0 Å². The topological polar surface area (TPSA) is 81.0 Å². The normalized spacial score (nSPS) is 35.5. The van der Waals surface area contributed by atoms with E-state index in [1.54, 1.807) is 0 Å². The molecule has 3 fully saturated rings. The van der Waals surface area contributed by atoms with E-state index in [9.17, 15) is 4.79 Å². The van der Waals surface area contributed by atoms with Crippen molar-refractivity contribution >= 4 is 17.9 Å². The van der Waals surface area contributed by atoms with E-state index in [-0.39, 0.29) is 30.1 Å². The average Bonchev–Trinajstić information content (AvgIpc) is 3.61. The number of aliphatic imine (C=N–C) groups is 1. The van der Waals surface area contributed by atoms with Crippen molar-refractivity contribution in [3.8, 4) is 0 Å². The van der Waals surface area contributed by atoms with E-state index in [2.05, 4.69) is 53.1 Å². The molecule has 6 aliphatic rings. The Morgan fingerprint density at radius 3 is 2.33 bits per heavy atom. The van der Waals surface area contributed by atoms with Crippen LogP contribution in [0.25, 0.3) is 0 Å². The lowest BCUT2D eigenvalue weighted by molar-refractivity contribution is -0.593. The highest BCUT2D eigenvalue weighted by Crippen LogP contribution is 2.40. The molecular formula is C37H65N6O2+. The molecule has 6 rings (SSSR count). The molecule has 45 heavy (non-hydrogen) atoms. The van der Waals surface area contributed by atoms with E-state index >= 15 is 0 Å². The molecule has 0 saturated carbocycles. The van der Waals surface area contributed by atoms with Crippen LogP contribution < -0.4 is 16.0 Å². The maximum absolute atomic E-state index is 13.5. The number of guanidine groups is 2. The minimum Gasteiger partial charge on any atom is -0.462 e. The van der Waals surface area contributed by atoms with Crippen LogP contribution in [0.2, 0.25) is 0 Å². The van der Waals surface area contributed by atoms with Crippen LogP contribution >= 0.6 is 0 Å². The molecule has 1 unspecified atom stereocenters. The Balaban J connectivity index is 0.868. The number of rotatable bonds is 16. The molecule has 0 bridgehead atoms. The SMILES string of the molecule is CCCCCCC[C@H]1C[C@@H]2CC[C@@H]3C(C(=O)O[C@H](C)CCCCCCC[C@H]4C[C@@H]5CC[C@@H]6C[C@@H](C)NC(=[N+]65)N4)[C@H](C)N=C(N1)N23. The molecule has 10 atom stereocenters. The number of hydrogen-bond donors (Lipinski definition) is 3. The summed E-state index contributed by atoms with van der Waals surface area (Å²) in [6, 6.07) is 3.99. The van der Waals surface area contributed by atoms with Gasteiger partial charge in [-0.15, -0.1) is 0 Å². The van der Waals surface area contributed by atoms with Crippen molar-refractivity contribution < 1.29 is 14.1 Å². The second-order valence-corrected chi connectivity index (χ2v) is 15.8. The summed E-state index contributed by atoms with van der Waals surface area (Å²) in [5.74, 6) is 2.22. The number of esters is 1. The predicted octanol–water partition coefficient (Wildman–Crippen LogP) is 6.22. The molecule has 0 aromatic heterocycles. The van der Waals surface area contributed by atoms with Crippen LogP contribution in [0.5, 0.6) is 0 Å². The Hall–Kier alpha value is -1.99. The Morgan fingerprint density at radius 1 is 0.867 bits per heavy atom. The van der Waals surface area contributed by atoms with Crippen LogP contribution in [-0.2, 0) is 9.53 Å². The van der Waals surface area contributed by atoms with Gasteiger partial charge in [0.1, 0.15) is 0 Å². The molecule has 254 valence electrons. The van der Waals surface area contributed by atoms with Gasteiger partial charge in [-0.1, -0.05) is 64.7 Å². The molecule has 0 aromatic carbocycles. The van der Waals surface area contributed by atoms with E-state index in [0.717, 1.165) is 37.3 Å². The van der Waals surface area contributed by atoms with E-state index in [1.165, 1.54) is 115 Å². The second-order valence-electron chi connectivity index (χ2n) is 15.8. The number of nitrogens with zero attached hydrogens (tertiary/aromatic N) is 3. The Bertz CT molecular complexity index is 1060. The molecule has 8 nitrogen and oxygen atoms in total. The van der Waals surface area contributed by atoms with Gasteiger partial charge >= 0.3 is 11.9 Å². The molecular weight excluding hydrogens is 560 g/mol. The Kier molecular flexibility index (Phi) is 11.2. The summed E-state index contributed by atoms with van der Waals surface area (Å²) < 4.78 is 8.77. The average molecular weight is 626 g/mol. The third kappa shape index (κ3) is 7.77. The molecule has 0 aromatic rings. The summed E-state index contributed by atoms with van der Waals surface area (Å²) in [6.45, 7) is 8.82. The van der Waals surface area contributed by atoms with Crippen molar-refractivity contribution in [2.75, 3.05) is 0 Å². The van der Waals surface area contributed by atoms with E-state index < -0.39 is 0 Å². The number of unbranched alkanes of at least 4 members (excludes halogenated alkanes) is 8. The highest BCUT2D eigenvalue weighted by molar-refractivity contribution is 5.86. The summed E-state index contributed by atoms with van der Waals surface area (Å²) in [7, 11) is 0. The van der Waals surface area contributed by atoms with Crippen molar-refractivity contribution in [1.29, 1.82) is 0 Å². The number of hydrogen-bond acceptors (Lipinski definition) is 7. The van der Waals surface area contributed by atoms with Gasteiger partial charge in [-0.3, -0.25) is 20.0 Å². The molecule has 3 N–H and O–H groups in total. The minimum atomic E-state index is -0.144. The third-order valence-electron chi connectivity index (χ3n) is 12.1. The fraction of sp³-hybridized carbons (Fsp3) is 0.919. The fourth-order valence-electron chi connectivity index (χ4n) is 9.85. The quantitative estimate of drug-likeness (QED) is 0.107. The zero-order valence-electron chi connectivity index (χ0n) is 29.1. The highest BCUT2D eigenvalue weighted by Gasteiger charge is 2.51. The van der Waals surface area contributed by atoms with Crippen molar-refractivity contribution in [2.45, 2.75) is 211 Å². The number of nitrogens with one attached hydrogen (secondary N) is 3. The lowest BCUT2D eigenvalue weighted by atomic mass is 9.89. The molecule has 0 aliphatic carbocycles. The summed E-state index contributed by atoms with van der Waals surface area (Å²) in [6.07, 6.45) is 25.1. The van der Waals surface area contributed by atoms with Crippen LogP contribution in [-0.4, -0.2) is 81.8 Å². The van der Waals surface area contributed by atoms with Crippen molar-refractivity contribution in [3.05, 3.63) is 0 Å². The van der Waals surface area contributed by atoms with Crippen LogP contribution in [0.1, 0.15) is 156 Å². The van der Waals surface area contributed by atoms with E-state index in [1.807, 2.05) is 0 Å². The van der Waals surface area contributed by atoms with Crippen LogP contribution in [0.4, 0.5) is 0 Å². The summed E-state index contributed by atoms with van der Waals surface area (Å²) in [5, 5.41) is 11.4. The van der Waals surface area contributed by atoms with Gasteiger partial charge in [-0.2, -0.15) is 0 Å². The number of carbonyl (C=O) groups excluding carboxylic acids is 1. The van der Waals surface area contributed by atoms with Gasteiger partial charge in [-0.25, -0.2) is 4.99 Å². The van der Waals surface area contributed by atoms with Gasteiger partial charge in [0, 0.05) is 31.0 Å². The monoisotopic (exact) mass is 626 g/mol. The molecule has 6 heterocycles. The maximum Gasteiger partial charge on any atom is 0.346 e. The van der Waals surface area contributed by atoms with Crippen LogP contribution in [0, 0.1) is 5.92 Å². The lowest BCUT2D eigenvalue weighted by Crippen LogP contribution is -2.63. The highest BCUT2D eigenvalue weighted by atomic mass is 16.5. The van der Waals surface area contributed by atoms with Crippen LogP contribution in [0.3, 0.4) is 0 Å². The summed E-state index contributed by atoms with van der Waals surface area (Å²) in [4.78, 5) is 21.0. The number of carbonyl (C=O) groups is 1. The largest absolute Gasteiger partial charge is 0.462 e. The molecule has 0 spiro atoms. The molecule has 0 amide bonds. The van der Waals surface area contributed by atoms with Gasteiger partial charge in [0.15, 0.2) is 5.96 Å². The summed E-state index contributed by atoms with van der Waals surface area (Å²) >= 11 is 0. The smallest absolute Gasteiger partial charge is 0.346 e. The zero-order chi connectivity index (χ0) is 31.3. The first-order valence-electron chi connectivity index (χ1n) is 19.4. The van der Waals surface area contributed by atoms with Gasteiger partial charge < -0.3 is 15.0 Å². The van der Waals surface area contributed by atoms with E-state index in [4.69, 9.17) is 9.73 Å². The third-order valence-corrected chi connectivity index (χ3v) is 12.1. The van der Waals surface area contributed by atoms with Crippen molar-refractivity contribution in [1.82, 2.24) is 20.9 Å². The van der Waals surface area contributed by atoms with E-state index in [0.29, 0.717) is 24.2 Å². The first kappa shape index (κ1) is 32.9. The first-order chi connectivity index (χ1) is 21.9.